The second-order valence-corrected chi connectivity index (χ2v) is 3.52. The molecule has 0 aromatic heterocycles. The Bertz CT molecular complexity index is 203. The third-order valence-electron chi connectivity index (χ3n) is 2.65. The fraction of sp³-hybridized carbons (Fsp3) is 0.875. The van der Waals surface area contributed by atoms with Gasteiger partial charge in [0.1, 0.15) is 0 Å². The molecule has 68 valence electrons. The fourth-order valence-corrected chi connectivity index (χ4v) is 1.55. The topological polar surface area (TPSA) is 20.3 Å². The Morgan fingerprint density at radius 2 is 2.08 bits per heavy atom. The quantitative estimate of drug-likeness (QED) is 0.615. The van der Waals surface area contributed by atoms with Crippen LogP contribution in [-0.4, -0.2) is 30.3 Å². The number of alkyl halides is 2. The molecule has 1 aliphatic heterocycles. The van der Waals surface area contributed by atoms with Gasteiger partial charge in [-0.1, -0.05) is 0 Å². The Balaban J connectivity index is 1.83. The number of hydrogen-bond donors (Lipinski definition) is 0. The zero-order chi connectivity index (χ0) is 8.72. The number of likely N-dealkylation sites (tertiary alicyclic amines) is 1. The third-order valence-corrected chi connectivity index (χ3v) is 2.65. The summed E-state index contributed by atoms with van der Waals surface area (Å²) in [6, 6.07) is 0. The van der Waals surface area contributed by atoms with E-state index in [4.69, 9.17) is 0 Å². The summed E-state index contributed by atoms with van der Waals surface area (Å²) >= 11 is 0. The van der Waals surface area contributed by atoms with Crippen LogP contribution in [0.25, 0.3) is 0 Å². The van der Waals surface area contributed by atoms with Crippen LogP contribution in [0.15, 0.2) is 0 Å². The summed E-state index contributed by atoms with van der Waals surface area (Å²) in [7, 11) is 0. The van der Waals surface area contributed by atoms with Gasteiger partial charge in [0, 0.05) is 24.9 Å². The first kappa shape index (κ1) is 7.95. The summed E-state index contributed by atoms with van der Waals surface area (Å²) in [4.78, 5) is 13.0. The van der Waals surface area contributed by atoms with Crippen molar-refractivity contribution >= 4 is 5.91 Å². The molecule has 0 spiro atoms. The highest BCUT2D eigenvalue weighted by Crippen LogP contribution is 2.44. The van der Waals surface area contributed by atoms with Crippen LogP contribution < -0.4 is 0 Å². The molecule has 0 N–H and O–H groups in total. The lowest BCUT2D eigenvalue weighted by Gasteiger charge is -2.31. The predicted octanol–water partition coefficient (Wildman–Crippen LogP) is 1.12. The minimum atomic E-state index is -2.31. The minimum Gasteiger partial charge on any atom is -0.342 e. The zero-order valence-corrected chi connectivity index (χ0v) is 6.67. The summed E-state index contributed by atoms with van der Waals surface area (Å²) in [6.45, 7) is 1.54. The van der Waals surface area contributed by atoms with E-state index in [-0.39, 0.29) is 11.8 Å². The summed E-state index contributed by atoms with van der Waals surface area (Å²) in [5.41, 5.74) is 0. The van der Waals surface area contributed by atoms with Gasteiger partial charge < -0.3 is 4.90 Å². The Labute approximate surface area is 69.5 Å². The van der Waals surface area contributed by atoms with E-state index in [1.54, 1.807) is 4.90 Å². The number of nitrogens with zero attached hydrogens (tertiary/aromatic N) is 1. The highest BCUT2D eigenvalue weighted by Gasteiger charge is 2.50. The molecule has 4 heteroatoms. The molecule has 12 heavy (non-hydrogen) atoms. The molecule has 1 saturated carbocycles. The van der Waals surface area contributed by atoms with Gasteiger partial charge in [-0.15, -0.1) is 0 Å². The Morgan fingerprint density at radius 3 is 2.42 bits per heavy atom. The molecule has 0 bridgehead atoms. The van der Waals surface area contributed by atoms with Crippen molar-refractivity contribution in [3.8, 4) is 0 Å². The van der Waals surface area contributed by atoms with Gasteiger partial charge >= 0.3 is 0 Å². The Hall–Kier alpha value is -0.670. The summed E-state index contributed by atoms with van der Waals surface area (Å²) in [5, 5.41) is 0. The van der Waals surface area contributed by atoms with Crippen molar-refractivity contribution in [1.29, 1.82) is 0 Å². The van der Waals surface area contributed by atoms with Crippen LogP contribution in [0, 0.1) is 11.8 Å². The van der Waals surface area contributed by atoms with Crippen LogP contribution in [0.5, 0.6) is 0 Å². The molecule has 0 aromatic rings. The average molecular weight is 175 g/mol. The molecule has 2 nitrogen and oxygen atoms in total. The number of amides is 1. The molecule has 1 amide bonds. The van der Waals surface area contributed by atoms with E-state index in [9.17, 15) is 13.6 Å². The van der Waals surface area contributed by atoms with Crippen LogP contribution in [0.4, 0.5) is 8.78 Å². The lowest BCUT2D eigenvalue weighted by atomic mass is 10.2. The third kappa shape index (κ3) is 1.19. The molecule has 0 radical (unpaired) electrons. The van der Waals surface area contributed by atoms with Crippen molar-refractivity contribution in [2.45, 2.75) is 19.3 Å². The van der Waals surface area contributed by atoms with Crippen LogP contribution >= 0.6 is 0 Å². The van der Waals surface area contributed by atoms with Crippen molar-refractivity contribution in [3.63, 3.8) is 0 Å². The maximum Gasteiger partial charge on any atom is 0.242 e. The first-order valence-electron chi connectivity index (χ1n) is 4.27. The lowest BCUT2D eigenvalue weighted by molar-refractivity contribution is -0.136. The van der Waals surface area contributed by atoms with Crippen molar-refractivity contribution in [2.24, 2.45) is 11.8 Å². The van der Waals surface area contributed by atoms with Crippen molar-refractivity contribution < 1.29 is 13.6 Å². The van der Waals surface area contributed by atoms with Crippen LogP contribution in [0.1, 0.15) is 12.8 Å². The lowest BCUT2D eigenvalue weighted by Crippen LogP contribution is -2.43. The molecular weight excluding hydrogens is 164 g/mol. The molecule has 1 saturated heterocycles. The normalized spacial score (nSPS) is 33.4. The molecule has 0 unspecified atom stereocenters. The smallest absolute Gasteiger partial charge is 0.242 e. The van der Waals surface area contributed by atoms with Crippen molar-refractivity contribution in [3.05, 3.63) is 0 Å². The van der Waals surface area contributed by atoms with Crippen molar-refractivity contribution in [1.82, 2.24) is 4.90 Å². The number of hydrogen-bond acceptors (Lipinski definition) is 1. The van der Waals surface area contributed by atoms with Crippen molar-refractivity contribution in [2.75, 3.05) is 13.1 Å². The van der Waals surface area contributed by atoms with Gasteiger partial charge in [-0.2, -0.15) is 0 Å². The largest absolute Gasteiger partial charge is 0.342 e. The van der Waals surface area contributed by atoms with E-state index in [2.05, 4.69) is 0 Å². The molecule has 2 aliphatic rings. The molecular formula is C8H11F2NO. The maximum atomic E-state index is 12.0. The van der Waals surface area contributed by atoms with E-state index in [1.807, 2.05) is 0 Å². The maximum absolute atomic E-state index is 12.0. The van der Waals surface area contributed by atoms with E-state index < -0.39 is 12.3 Å². The zero-order valence-electron chi connectivity index (χ0n) is 6.67. The standard InChI is InChI=1S/C8H11F2NO/c9-7(10)5-4-6(5)8(12)11-2-1-3-11/h5-7H,1-4H2/t5-,6-/m0/s1. The Kier molecular flexibility index (Phi) is 1.77. The van der Waals surface area contributed by atoms with Gasteiger partial charge in [0.05, 0.1) is 0 Å². The van der Waals surface area contributed by atoms with Crippen LogP contribution in [0.3, 0.4) is 0 Å². The van der Waals surface area contributed by atoms with Crippen LogP contribution in [0.2, 0.25) is 0 Å². The van der Waals surface area contributed by atoms with Gasteiger partial charge in [0.25, 0.3) is 0 Å². The van der Waals surface area contributed by atoms with E-state index in [0.717, 1.165) is 19.5 Å². The van der Waals surface area contributed by atoms with Gasteiger partial charge in [0.2, 0.25) is 12.3 Å². The highest BCUT2D eigenvalue weighted by atomic mass is 19.3. The van der Waals surface area contributed by atoms with Gasteiger partial charge in [-0.05, 0) is 12.8 Å². The Morgan fingerprint density at radius 1 is 1.42 bits per heavy atom. The summed E-state index contributed by atoms with van der Waals surface area (Å²) in [6.07, 6.45) is -0.884. The SMILES string of the molecule is O=C([C@H]1C[C@@H]1C(F)F)N1CCC1. The van der Waals surface area contributed by atoms with Gasteiger partial charge in [0.15, 0.2) is 0 Å². The summed E-state index contributed by atoms with van der Waals surface area (Å²) in [5.74, 6) is -1.05. The molecule has 1 aliphatic carbocycles. The van der Waals surface area contributed by atoms with E-state index >= 15 is 0 Å². The van der Waals surface area contributed by atoms with Gasteiger partial charge in [-0.3, -0.25) is 4.79 Å². The monoisotopic (exact) mass is 175 g/mol. The number of carbonyl (C=O) groups is 1. The minimum absolute atomic E-state index is 0.0495. The first-order valence-corrected chi connectivity index (χ1v) is 4.27. The predicted molar refractivity (Wildman–Crippen MR) is 38.8 cm³/mol. The average Bonchev–Trinajstić information content (AvgIpc) is 2.59. The highest BCUT2D eigenvalue weighted by molar-refractivity contribution is 5.82. The molecule has 0 aromatic carbocycles. The number of carbonyl (C=O) groups excluding carboxylic acids is 1. The second kappa shape index (κ2) is 2.68. The van der Waals surface area contributed by atoms with E-state index in [1.165, 1.54) is 0 Å². The van der Waals surface area contributed by atoms with Gasteiger partial charge in [-0.25, -0.2) is 8.78 Å². The molecule has 2 rings (SSSR count). The molecule has 2 atom stereocenters. The summed E-state index contributed by atoms with van der Waals surface area (Å²) < 4.78 is 24.1. The number of halogens is 2. The molecule has 1 heterocycles. The fourth-order valence-electron chi connectivity index (χ4n) is 1.55. The molecule has 2 fully saturated rings. The number of rotatable bonds is 2. The first-order chi connectivity index (χ1) is 5.70. The van der Waals surface area contributed by atoms with Crippen LogP contribution in [-0.2, 0) is 4.79 Å². The van der Waals surface area contributed by atoms with E-state index in [0.29, 0.717) is 6.42 Å². The second-order valence-electron chi connectivity index (χ2n) is 3.52.